The van der Waals surface area contributed by atoms with Gasteiger partial charge in [0.1, 0.15) is 6.26 Å². The first-order valence-electron chi connectivity index (χ1n) is 9.96. The molecule has 1 aromatic heterocycles. The van der Waals surface area contributed by atoms with Crippen molar-refractivity contribution in [3.8, 4) is 0 Å². The SMILES string of the molecule is CCNC(=NCCC(C)c1ccccc1)N1CCN(Cc2ccon2)CC1.I. The Hall–Kier alpha value is -1.61. The smallest absolute Gasteiger partial charge is 0.194 e. The summed E-state index contributed by atoms with van der Waals surface area (Å²) in [5.41, 5.74) is 2.39. The quantitative estimate of drug-likeness (QED) is 0.360. The molecule has 1 fully saturated rings. The highest BCUT2D eigenvalue weighted by Crippen LogP contribution is 2.18. The van der Waals surface area contributed by atoms with Crippen LogP contribution in [0.2, 0.25) is 0 Å². The third kappa shape index (κ3) is 6.77. The molecule has 1 aliphatic heterocycles. The number of hydrogen-bond donors (Lipinski definition) is 1. The Balaban J connectivity index is 0.00000280. The Morgan fingerprint density at radius 2 is 1.93 bits per heavy atom. The van der Waals surface area contributed by atoms with Crippen molar-refractivity contribution < 1.29 is 4.52 Å². The van der Waals surface area contributed by atoms with Gasteiger partial charge in [0.25, 0.3) is 0 Å². The van der Waals surface area contributed by atoms with Gasteiger partial charge in [0.05, 0.1) is 5.69 Å². The number of halogens is 1. The van der Waals surface area contributed by atoms with E-state index in [9.17, 15) is 0 Å². The minimum atomic E-state index is 0. The van der Waals surface area contributed by atoms with E-state index in [0.717, 1.165) is 63.9 Å². The molecule has 1 saturated heterocycles. The molecule has 0 aliphatic carbocycles. The molecule has 7 heteroatoms. The molecule has 2 heterocycles. The second-order valence-electron chi connectivity index (χ2n) is 7.09. The number of hydrogen-bond acceptors (Lipinski definition) is 4. The summed E-state index contributed by atoms with van der Waals surface area (Å²) in [6.07, 6.45) is 2.70. The maximum Gasteiger partial charge on any atom is 0.194 e. The predicted octanol–water partition coefficient (Wildman–Crippen LogP) is 3.57. The molecule has 28 heavy (non-hydrogen) atoms. The van der Waals surface area contributed by atoms with Gasteiger partial charge in [-0.25, -0.2) is 0 Å². The van der Waals surface area contributed by atoms with Gasteiger partial charge in [-0.2, -0.15) is 0 Å². The molecule has 0 bridgehead atoms. The number of rotatable bonds is 7. The van der Waals surface area contributed by atoms with Crippen molar-refractivity contribution in [3.63, 3.8) is 0 Å². The number of aromatic nitrogens is 1. The van der Waals surface area contributed by atoms with Crippen LogP contribution in [0.5, 0.6) is 0 Å². The summed E-state index contributed by atoms with van der Waals surface area (Å²) in [7, 11) is 0. The third-order valence-electron chi connectivity index (χ3n) is 5.08. The summed E-state index contributed by atoms with van der Waals surface area (Å²) in [6, 6.07) is 12.6. The van der Waals surface area contributed by atoms with E-state index >= 15 is 0 Å². The Morgan fingerprint density at radius 3 is 2.57 bits per heavy atom. The zero-order valence-corrected chi connectivity index (χ0v) is 19.2. The number of nitrogens with one attached hydrogen (secondary N) is 1. The van der Waals surface area contributed by atoms with Crippen LogP contribution in [0.15, 0.2) is 52.2 Å². The lowest BCUT2D eigenvalue weighted by Gasteiger charge is -2.36. The van der Waals surface area contributed by atoms with Gasteiger partial charge in [-0.05, 0) is 24.8 Å². The fraction of sp³-hybridized carbons (Fsp3) is 0.524. The molecule has 1 unspecified atom stereocenters. The molecule has 0 amide bonds. The predicted molar refractivity (Wildman–Crippen MR) is 124 cm³/mol. The summed E-state index contributed by atoms with van der Waals surface area (Å²) in [5, 5.41) is 7.47. The fourth-order valence-electron chi connectivity index (χ4n) is 3.40. The number of nitrogens with zero attached hydrogens (tertiary/aromatic N) is 4. The topological polar surface area (TPSA) is 56.9 Å². The van der Waals surface area contributed by atoms with Crippen molar-refractivity contribution in [3.05, 3.63) is 53.9 Å². The molecule has 1 N–H and O–H groups in total. The highest BCUT2D eigenvalue weighted by Gasteiger charge is 2.20. The molecule has 3 rings (SSSR count). The van der Waals surface area contributed by atoms with Crippen LogP contribution < -0.4 is 5.32 Å². The Kier molecular flexibility index (Phi) is 9.77. The first kappa shape index (κ1) is 22.7. The molecule has 1 atom stereocenters. The van der Waals surface area contributed by atoms with Gasteiger partial charge in [0, 0.05) is 51.9 Å². The summed E-state index contributed by atoms with van der Waals surface area (Å²) in [4.78, 5) is 9.67. The van der Waals surface area contributed by atoms with Crippen LogP contribution in [0, 0.1) is 0 Å². The molecule has 0 radical (unpaired) electrons. The van der Waals surface area contributed by atoms with Crippen molar-refractivity contribution in [1.29, 1.82) is 0 Å². The second kappa shape index (κ2) is 12.1. The maximum absolute atomic E-state index is 4.93. The average Bonchev–Trinajstić information content (AvgIpc) is 3.21. The Morgan fingerprint density at radius 1 is 1.18 bits per heavy atom. The third-order valence-corrected chi connectivity index (χ3v) is 5.08. The van der Waals surface area contributed by atoms with E-state index in [1.807, 2.05) is 6.07 Å². The van der Waals surface area contributed by atoms with Crippen LogP contribution in [0.1, 0.15) is 37.4 Å². The van der Waals surface area contributed by atoms with Gasteiger partial charge in [-0.1, -0.05) is 42.4 Å². The van der Waals surface area contributed by atoms with Gasteiger partial charge in [0.2, 0.25) is 0 Å². The largest absolute Gasteiger partial charge is 0.364 e. The van der Waals surface area contributed by atoms with E-state index < -0.39 is 0 Å². The number of guanidine groups is 1. The summed E-state index contributed by atoms with van der Waals surface area (Å²) < 4.78 is 4.93. The standard InChI is InChI=1S/C21H31N5O.HI/c1-3-22-21(23-11-9-18(2)19-7-5-4-6-8-19)26-14-12-25(13-15-26)17-20-10-16-27-24-20;/h4-8,10,16,18H,3,9,11-15,17H2,1-2H3,(H,22,23);1H. The zero-order chi connectivity index (χ0) is 18.9. The van der Waals surface area contributed by atoms with Gasteiger partial charge in [-0.15, -0.1) is 24.0 Å². The van der Waals surface area contributed by atoms with E-state index in [0.29, 0.717) is 5.92 Å². The molecular weight excluding hydrogens is 465 g/mol. The summed E-state index contributed by atoms with van der Waals surface area (Å²) >= 11 is 0. The Bertz CT molecular complexity index is 684. The van der Waals surface area contributed by atoms with E-state index in [2.05, 4.69) is 64.5 Å². The van der Waals surface area contributed by atoms with Crippen LogP contribution in [-0.4, -0.2) is 60.2 Å². The van der Waals surface area contributed by atoms with Crippen LogP contribution in [-0.2, 0) is 6.54 Å². The lowest BCUT2D eigenvalue weighted by atomic mass is 9.98. The van der Waals surface area contributed by atoms with Crippen LogP contribution >= 0.6 is 24.0 Å². The van der Waals surface area contributed by atoms with Crippen molar-refractivity contribution in [2.45, 2.75) is 32.7 Å². The number of piperazine rings is 1. The highest BCUT2D eigenvalue weighted by molar-refractivity contribution is 14.0. The van der Waals surface area contributed by atoms with Crippen molar-refractivity contribution in [2.75, 3.05) is 39.3 Å². The minimum Gasteiger partial charge on any atom is -0.364 e. The molecule has 2 aromatic rings. The van der Waals surface area contributed by atoms with E-state index in [1.165, 1.54) is 5.56 Å². The van der Waals surface area contributed by atoms with Crippen molar-refractivity contribution >= 4 is 29.9 Å². The maximum atomic E-state index is 4.93. The minimum absolute atomic E-state index is 0. The van der Waals surface area contributed by atoms with Gasteiger partial charge < -0.3 is 14.7 Å². The Labute approximate surface area is 185 Å². The lowest BCUT2D eigenvalue weighted by Crippen LogP contribution is -2.52. The second-order valence-corrected chi connectivity index (χ2v) is 7.09. The number of benzene rings is 1. The van der Waals surface area contributed by atoms with Crippen molar-refractivity contribution in [2.24, 2.45) is 4.99 Å². The lowest BCUT2D eigenvalue weighted by molar-refractivity contribution is 0.169. The molecule has 154 valence electrons. The van der Waals surface area contributed by atoms with E-state index in [1.54, 1.807) is 6.26 Å². The van der Waals surface area contributed by atoms with Crippen LogP contribution in [0.4, 0.5) is 0 Å². The molecule has 1 aliphatic rings. The van der Waals surface area contributed by atoms with Gasteiger partial charge in [0.15, 0.2) is 5.96 Å². The molecule has 0 spiro atoms. The van der Waals surface area contributed by atoms with E-state index in [4.69, 9.17) is 9.52 Å². The average molecular weight is 497 g/mol. The molecule has 6 nitrogen and oxygen atoms in total. The first-order valence-corrected chi connectivity index (χ1v) is 9.96. The zero-order valence-electron chi connectivity index (χ0n) is 16.9. The van der Waals surface area contributed by atoms with Crippen LogP contribution in [0.25, 0.3) is 0 Å². The highest BCUT2D eigenvalue weighted by atomic mass is 127. The summed E-state index contributed by atoms with van der Waals surface area (Å²) in [5.74, 6) is 1.57. The van der Waals surface area contributed by atoms with Crippen molar-refractivity contribution in [1.82, 2.24) is 20.3 Å². The normalized spacial score (nSPS) is 16.5. The first-order chi connectivity index (χ1) is 13.3. The molecule has 0 saturated carbocycles. The van der Waals surface area contributed by atoms with Gasteiger partial charge in [-0.3, -0.25) is 9.89 Å². The fourth-order valence-corrected chi connectivity index (χ4v) is 3.40. The van der Waals surface area contributed by atoms with Crippen LogP contribution in [0.3, 0.4) is 0 Å². The molecular formula is C21H32IN5O. The van der Waals surface area contributed by atoms with E-state index in [-0.39, 0.29) is 24.0 Å². The molecule has 1 aromatic carbocycles. The monoisotopic (exact) mass is 497 g/mol. The summed E-state index contributed by atoms with van der Waals surface area (Å²) in [6.45, 7) is 11.0. The van der Waals surface area contributed by atoms with Gasteiger partial charge >= 0.3 is 0 Å². The number of aliphatic imine (C=N–C) groups is 1.